The Labute approximate surface area is 69.6 Å². The van der Waals surface area contributed by atoms with Crippen LogP contribution in [0.25, 0.3) is 0 Å². The minimum absolute atomic E-state index is 0.229. The predicted molar refractivity (Wildman–Crippen MR) is 39.0 cm³/mol. The van der Waals surface area contributed by atoms with Crippen molar-refractivity contribution in [3.8, 4) is 6.07 Å². The number of halogens is 2. The first-order valence-electron chi connectivity index (χ1n) is 3.53. The molecule has 1 fully saturated rings. The fourth-order valence-electron chi connectivity index (χ4n) is 1.25. The van der Waals surface area contributed by atoms with Gasteiger partial charge in [-0.2, -0.15) is 5.26 Å². The maximum atomic E-state index is 12.9. The van der Waals surface area contributed by atoms with E-state index in [4.69, 9.17) is 16.9 Å². The van der Waals surface area contributed by atoms with Gasteiger partial charge in [-0.3, -0.25) is 0 Å². The molecule has 0 saturated heterocycles. The molecule has 0 radical (unpaired) electrons. The van der Waals surface area contributed by atoms with E-state index in [2.05, 4.69) is 0 Å². The normalized spacial score (nSPS) is 44.9. The lowest BCUT2D eigenvalue weighted by Crippen LogP contribution is -2.49. The fraction of sp³-hybridized carbons (Fsp3) is 0.857. The molecule has 2 nitrogen and oxygen atoms in total. The molecule has 0 aliphatic heterocycles. The Morgan fingerprint density at radius 1 is 1.64 bits per heavy atom. The van der Waals surface area contributed by atoms with Gasteiger partial charge < -0.3 is 5.11 Å². The number of aliphatic hydroxyl groups is 1. The molecule has 1 aliphatic rings. The molecule has 0 spiro atoms. The van der Waals surface area contributed by atoms with Gasteiger partial charge in [-0.05, 0) is 19.3 Å². The third-order valence-corrected chi connectivity index (χ3v) is 2.60. The molecule has 1 aliphatic carbocycles. The van der Waals surface area contributed by atoms with Crippen LogP contribution in [-0.2, 0) is 0 Å². The molecule has 0 bridgehead atoms. The Morgan fingerprint density at radius 3 is 2.64 bits per heavy atom. The van der Waals surface area contributed by atoms with Crippen molar-refractivity contribution < 1.29 is 9.50 Å². The molecule has 0 amide bonds. The van der Waals surface area contributed by atoms with E-state index in [0.717, 1.165) is 0 Å². The summed E-state index contributed by atoms with van der Waals surface area (Å²) in [7, 11) is 0. The summed E-state index contributed by atoms with van der Waals surface area (Å²) >= 11 is 5.61. The molecule has 62 valence electrons. The monoisotopic (exact) mass is 177 g/mol. The maximum absolute atomic E-state index is 12.9. The molecule has 0 aromatic heterocycles. The van der Waals surface area contributed by atoms with E-state index >= 15 is 0 Å². The zero-order valence-electron chi connectivity index (χ0n) is 5.93. The molecule has 0 aromatic carbocycles. The summed E-state index contributed by atoms with van der Waals surface area (Å²) in [5, 5.41) is 17.0. The number of hydrogen-bond donors (Lipinski definition) is 1. The maximum Gasteiger partial charge on any atom is 0.198 e. The van der Waals surface area contributed by atoms with Gasteiger partial charge in [0.05, 0.1) is 5.38 Å². The van der Waals surface area contributed by atoms with Crippen molar-refractivity contribution in [2.75, 3.05) is 0 Å². The SMILES string of the molecule is N#C[C@@]1(O)[C@H](Cl)CCC[C@@H]1F. The summed E-state index contributed by atoms with van der Waals surface area (Å²) in [6.45, 7) is 0. The van der Waals surface area contributed by atoms with Crippen LogP contribution < -0.4 is 0 Å². The fourth-order valence-corrected chi connectivity index (χ4v) is 1.59. The van der Waals surface area contributed by atoms with Crippen LogP contribution in [0.5, 0.6) is 0 Å². The van der Waals surface area contributed by atoms with E-state index in [1.54, 1.807) is 0 Å². The van der Waals surface area contributed by atoms with Gasteiger partial charge in [0.25, 0.3) is 0 Å². The van der Waals surface area contributed by atoms with Gasteiger partial charge in [-0.25, -0.2) is 4.39 Å². The van der Waals surface area contributed by atoms with E-state index in [0.29, 0.717) is 12.8 Å². The van der Waals surface area contributed by atoms with Crippen LogP contribution in [0.2, 0.25) is 0 Å². The second kappa shape index (κ2) is 2.96. The lowest BCUT2D eigenvalue weighted by molar-refractivity contribution is -0.0127. The van der Waals surface area contributed by atoms with E-state index in [1.165, 1.54) is 6.07 Å². The molecule has 1 saturated carbocycles. The van der Waals surface area contributed by atoms with Gasteiger partial charge >= 0.3 is 0 Å². The molecule has 0 unspecified atom stereocenters. The van der Waals surface area contributed by atoms with Gasteiger partial charge in [0.2, 0.25) is 0 Å². The van der Waals surface area contributed by atoms with E-state index in [9.17, 15) is 9.50 Å². The van der Waals surface area contributed by atoms with Crippen LogP contribution >= 0.6 is 11.6 Å². The van der Waals surface area contributed by atoms with Crippen molar-refractivity contribution in [1.82, 2.24) is 0 Å². The average Bonchev–Trinajstić information content (AvgIpc) is 2.00. The smallest absolute Gasteiger partial charge is 0.198 e. The van der Waals surface area contributed by atoms with Gasteiger partial charge in [0.15, 0.2) is 5.60 Å². The van der Waals surface area contributed by atoms with E-state index in [1.807, 2.05) is 0 Å². The second-order valence-electron chi connectivity index (χ2n) is 2.80. The quantitative estimate of drug-likeness (QED) is 0.449. The highest BCUT2D eigenvalue weighted by atomic mass is 35.5. The highest BCUT2D eigenvalue weighted by molar-refractivity contribution is 6.21. The molecule has 0 aromatic rings. The zero-order chi connectivity index (χ0) is 8.48. The molecule has 4 heteroatoms. The van der Waals surface area contributed by atoms with Crippen molar-refractivity contribution >= 4 is 11.6 Å². The van der Waals surface area contributed by atoms with Crippen LogP contribution in [0.3, 0.4) is 0 Å². The Balaban J connectivity index is 2.80. The molecule has 1 N–H and O–H groups in total. The molecule has 1 rings (SSSR count). The van der Waals surface area contributed by atoms with Crippen molar-refractivity contribution in [2.24, 2.45) is 0 Å². The predicted octanol–water partition coefficient (Wildman–Crippen LogP) is 1.37. The number of nitrogens with zero attached hydrogens (tertiary/aromatic N) is 1. The summed E-state index contributed by atoms with van der Waals surface area (Å²) in [6.07, 6.45) is -0.123. The summed E-state index contributed by atoms with van der Waals surface area (Å²) in [6, 6.07) is 1.53. The third-order valence-electron chi connectivity index (χ3n) is 2.05. The molecular weight excluding hydrogens is 169 g/mol. The van der Waals surface area contributed by atoms with Crippen LogP contribution in [0, 0.1) is 11.3 Å². The first kappa shape index (κ1) is 8.76. The third kappa shape index (κ3) is 1.33. The minimum Gasteiger partial charge on any atom is -0.372 e. The van der Waals surface area contributed by atoms with Gasteiger partial charge in [0.1, 0.15) is 12.2 Å². The lowest BCUT2D eigenvalue weighted by Gasteiger charge is -2.33. The summed E-state index contributed by atoms with van der Waals surface area (Å²) in [5.41, 5.74) is -1.96. The average molecular weight is 178 g/mol. The molecule has 0 heterocycles. The Hall–Kier alpha value is -0.330. The summed E-state index contributed by atoms with van der Waals surface area (Å²) in [4.78, 5) is 0. The van der Waals surface area contributed by atoms with Gasteiger partial charge in [-0.15, -0.1) is 11.6 Å². The van der Waals surface area contributed by atoms with Crippen molar-refractivity contribution in [3.63, 3.8) is 0 Å². The van der Waals surface area contributed by atoms with Gasteiger partial charge in [0, 0.05) is 0 Å². The molecular formula is C7H9ClFNO. The number of alkyl halides is 2. The van der Waals surface area contributed by atoms with Gasteiger partial charge in [-0.1, -0.05) is 0 Å². The van der Waals surface area contributed by atoms with Crippen LogP contribution in [0.15, 0.2) is 0 Å². The number of rotatable bonds is 0. The van der Waals surface area contributed by atoms with E-state index in [-0.39, 0.29) is 6.42 Å². The highest BCUT2D eigenvalue weighted by Crippen LogP contribution is 2.34. The minimum atomic E-state index is -1.96. The Kier molecular flexibility index (Phi) is 2.36. The lowest BCUT2D eigenvalue weighted by atomic mass is 9.84. The Bertz CT molecular complexity index is 181. The largest absolute Gasteiger partial charge is 0.372 e. The second-order valence-corrected chi connectivity index (χ2v) is 3.33. The van der Waals surface area contributed by atoms with Crippen LogP contribution in [-0.4, -0.2) is 22.3 Å². The summed E-state index contributed by atoms with van der Waals surface area (Å²) in [5.74, 6) is 0. The van der Waals surface area contributed by atoms with E-state index < -0.39 is 17.1 Å². The number of hydrogen-bond acceptors (Lipinski definition) is 2. The summed E-state index contributed by atoms with van der Waals surface area (Å²) < 4.78 is 12.9. The van der Waals surface area contributed by atoms with Crippen molar-refractivity contribution in [1.29, 1.82) is 5.26 Å². The molecule has 11 heavy (non-hydrogen) atoms. The molecule has 3 atom stereocenters. The topological polar surface area (TPSA) is 44.0 Å². The van der Waals surface area contributed by atoms with Crippen molar-refractivity contribution in [2.45, 2.75) is 36.4 Å². The van der Waals surface area contributed by atoms with Crippen LogP contribution in [0.4, 0.5) is 4.39 Å². The standard InChI is InChI=1S/C7H9ClFNO/c8-5-2-1-3-6(9)7(5,11)4-10/h5-6,11H,1-3H2/t5-,6+,7-/m1/s1. The van der Waals surface area contributed by atoms with Crippen molar-refractivity contribution in [3.05, 3.63) is 0 Å². The highest BCUT2D eigenvalue weighted by Gasteiger charge is 2.46. The first-order chi connectivity index (χ1) is 5.11. The Morgan fingerprint density at radius 2 is 2.27 bits per heavy atom. The number of nitriles is 1. The zero-order valence-corrected chi connectivity index (χ0v) is 6.68. The first-order valence-corrected chi connectivity index (χ1v) is 3.96. The van der Waals surface area contributed by atoms with Crippen LogP contribution in [0.1, 0.15) is 19.3 Å².